The molecule has 41 heavy (non-hydrogen) atoms. The van der Waals surface area contributed by atoms with Crippen molar-refractivity contribution in [3.8, 4) is 12.1 Å². The number of thioether (sulfide) groups is 1. The summed E-state index contributed by atoms with van der Waals surface area (Å²) < 4.78 is 20.5. The van der Waals surface area contributed by atoms with E-state index >= 15 is 0 Å². The number of alkyl halides is 1. The topological polar surface area (TPSA) is 137 Å². The van der Waals surface area contributed by atoms with Crippen LogP contribution >= 0.6 is 23.1 Å². The molecular formula is C27H32FN9O2S2. The van der Waals surface area contributed by atoms with Crippen molar-refractivity contribution in [2.24, 2.45) is 0 Å². The van der Waals surface area contributed by atoms with Crippen LogP contribution in [0.2, 0.25) is 0 Å². The predicted molar refractivity (Wildman–Crippen MR) is 154 cm³/mol. The lowest BCUT2D eigenvalue weighted by Gasteiger charge is -2.48. The Labute approximate surface area is 245 Å². The second-order valence-electron chi connectivity index (χ2n) is 12.4. The van der Waals surface area contributed by atoms with Gasteiger partial charge in [-0.05, 0) is 19.4 Å². The van der Waals surface area contributed by atoms with Gasteiger partial charge < -0.3 is 25.6 Å². The summed E-state index contributed by atoms with van der Waals surface area (Å²) in [4.78, 5) is 34.3. The standard InChI is InChI=1S/C27H32FN9O2S2/c28-15-6-26(2-1-3-37(26)8-15)14-39-25-33-23(35-9-16-4-18(38)5-17(10-35)31-16)32-24(34-25)36-12-27(13-36)21-19(7-29)22(30)41-20(21)11-40-27/h15-17,31H,1-6,8-14,30H2/t15-,16?,17?,26+/m1/s1. The Morgan fingerprint density at radius 1 is 1.15 bits per heavy atom. The second kappa shape index (κ2) is 9.39. The van der Waals surface area contributed by atoms with E-state index in [4.69, 9.17) is 25.4 Å². The normalized spacial score (nSPS) is 31.7. The summed E-state index contributed by atoms with van der Waals surface area (Å²) >= 11 is 3.38. The Bertz CT molecular complexity index is 1440. The Morgan fingerprint density at radius 2 is 1.90 bits per heavy atom. The molecule has 2 bridgehead atoms. The quantitative estimate of drug-likeness (QED) is 0.520. The number of nitrogen functional groups attached to an aromatic ring is 1. The molecule has 6 aliphatic heterocycles. The van der Waals surface area contributed by atoms with Gasteiger partial charge in [-0.15, -0.1) is 23.1 Å². The number of ketones is 1. The van der Waals surface area contributed by atoms with Gasteiger partial charge >= 0.3 is 6.01 Å². The monoisotopic (exact) mass is 597 g/mol. The number of hydrogen-bond donors (Lipinski definition) is 2. The van der Waals surface area contributed by atoms with Crippen molar-refractivity contribution in [3.05, 3.63) is 16.0 Å². The number of carbonyl (C=O) groups is 1. The van der Waals surface area contributed by atoms with Gasteiger partial charge in [0.2, 0.25) is 11.9 Å². The van der Waals surface area contributed by atoms with E-state index < -0.39 is 6.17 Å². The maximum atomic E-state index is 14.4. The average molecular weight is 598 g/mol. The van der Waals surface area contributed by atoms with Crippen molar-refractivity contribution in [3.63, 3.8) is 0 Å². The molecule has 0 aliphatic carbocycles. The summed E-state index contributed by atoms with van der Waals surface area (Å²) in [5.41, 5.74) is 7.56. The fraction of sp³-hybridized carbons (Fsp3) is 0.667. The molecule has 11 nitrogen and oxygen atoms in total. The predicted octanol–water partition coefficient (Wildman–Crippen LogP) is 1.81. The summed E-state index contributed by atoms with van der Waals surface area (Å²) in [5.74, 6) is 2.24. The van der Waals surface area contributed by atoms with E-state index in [1.54, 1.807) is 0 Å². The van der Waals surface area contributed by atoms with Gasteiger partial charge in [0, 0.05) is 80.3 Å². The SMILES string of the molecule is N#Cc1c(N)sc2c1C1(CN(c3nc(OC[C@@]45CCCN4C[C@H](F)C5)nc(N4CC5CC(=O)CC(C4)N5)n3)C1)SC2. The highest BCUT2D eigenvalue weighted by Gasteiger charge is 2.53. The smallest absolute Gasteiger partial charge is 0.323 e. The summed E-state index contributed by atoms with van der Waals surface area (Å²) in [7, 11) is 0. The lowest BCUT2D eigenvalue weighted by Crippen LogP contribution is -2.61. The minimum atomic E-state index is -0.832. The Kier molecular flexibility index (Phi) is 5.94. The molecule has 5 fully saturated rings. The van der Waals surface area contributed by atoms with Crippen molar-refractivity contribution >= 4 is 45.8 Å². The largest absolute Gasteiger partial charge is 0.461 e. The Balaban J connectivity index is 1.08. The molecule has 2 aromatic rings. The van der Waals surface area contributed by atoms with Crippen LogP contribution in [-0.2, 0) is 15.3 Å². The molecule has 0 amide bonds. The van der Waals surface area contributed by atoms with E-state index in [2.05, 4.69) is 26.1 Å². The number of nitriles is 1. The zero-order chi connectivity index (χ0) is 27.9. The first-order chi connectivity index (χ1) is 19.8. The van der Waals surface area contributed by atoms with Crippen molar-refractivity contribution in [2.45, 2.75) is 66.4 Å². The maximum Gasteiger partial charge on any atom is 0.323 e. The molecule has 8 heterocycles. The number of aromatic nitrogens is 3. The van der Waals surface area contributed by atoms with Crippen molar-refractivity contribution in [2.75, 3.05) is 61.4 Å². The van der Waals surface area contributed by atoms with Gasteiger partial charge in [0.15, 0.2) is 0 Å². The van der Waals surface area contributed by atoms with Gasteiger partial charge in [-0.2, -0.15) is 20.2 Å². The molecule has 2 aromatic heterocycles. The lowest BCUT2D eigenvalue weighted by molar-refractivity contribution is -0.121. The second-order valence-corrected chi connectivity index (χ2v) is 14.9. The fourth-order valence-electron chi connectivity index (χ4n) is 7.85. The molecule has 0 saturated carbocycles. The van der Waals surface area contributed by atoms with Gasteiger partial charge in [0.25, 0.3) is 0 Å². The molecular weight excluding hydrogens is 565 g/mol. The molecule has 0 radical (unpaired) electrons. The van der Waals surface area contributed by atoms with E-state index in [-0.39, 0.29) is 28.4 Å². The number of ether oxygens (including phenoxy) is 1. The number of anilines is 3. The number of thiophene rings is 1. The van der Waals surface area contributed by atoms with E-state index in [1.165, 1.54) is 16.2 Å². The van der Waals surface area contributed by atoms with Gasteiger partial charge in [0.05, 0.1) is 15.8 Å². The highest BCUT2D eigenvalue weighted by Crippen LogP contribution is 2.57. The fourth-order valence-corrected chi connectivity index (χ4v) is 10.7. The first kappa shape index (κ1) is 25.9. The number of piperidine rings is 1. The van der Waals surface area contributed by atoms with Crippen LogP contribution in [0, 0.1) is 11.3 Å². The molecule has 3 N–H and O–H groups in total. The maximum absolute atomic E-state index is 14.4. The minimum absolute atomic E-state index is 0.0690. The van der Waals surface area contributed by atoms with E-state index in [0.29, 0.717) is 86.8 Å². The summed E-state index contributed by atoms with van der Waals surface area (Å²) in [5, 5.41) is 13.9. The summed E-state index contributed by atoms with van der Waals surface area (Å²) in [6.07, 6.45) is 2.62. The van der Waals surface area contributed by atoms with Crippen LogP contribution in [0.15, 0.2) is 0 Å². The molecule has 0 aromatic carbocycles. The number of carbonyl (C=O) groups excluding carboxylic acids is 1. The van der Waals surface area contributed by atoms with E-state index in [1.807, 2.05) is 11.8 Å². The minimum Gasteiger partial charge on any atom is -0.461 e. The van der Waals surface area contributed by atoms with Crippen molar-refractivity contribution < 1.29 is 13.9 Å². The molecule has 216 valence electrons. The number of fused-ring (bicyclic) bond motifs is 5. The Hall–Kier alpha value is -2.73. The van der Waals surface area contributed by atoms with Crippen LogP contribution in [0.3, 0.4) is 0 Å². The first-order valence-electron chi connectivity index (χ1n) is 14.3. The van der Waals surface area contributed by atoms with Crippen molar-refractivity contribution in [1.29, 1.82) is 5.26 Å². The number of Topliss-reactive ketones (excluding diaryl/α,β-unsaturated/α-hetero) is 1. The zero-order valence-corrected chi connectivity index (χ0v) is 24.3. The molecule has 14 heteroatoms. The third-order valence-electron chi connectivity index (χ3n) is 9.64. The highest BCUT2D eigenvalue weighted by atomic mass is 32.2. The lowest BCUT2D eigenvalue weighted by atomic mass is 9.88. The van der Waals surface area contributed by atoms with Crippen LogP contribution in [0.4, 0.5) is 21.3 Å². The van der Waals surface area contributed by atoms with Crippen LogP contribution in [-0.4, -0.2) is 95.3 Å². The van der Waals surface area contributed by atoms with Crippen LogP contribution in [0.25, 0.3) is 0 Å². The number of nitrogens with zero attached hydrogens (tertiary/aromatic N) is 7. The number of hydrogen-bond acceptors (Lipinski definition) is 13. The number of nitrogens with two attached hydrogens (primary N) is 1. The third-order valence-corrected chi connectivity index (χ3v) is 12.3. The first-order valence-corrected chi connectivity index (χ1v) is 16.1. The van der Waals surface area contributed by atoms with Crippen LogP contribution < -0.4 is 25.6 Å². The van der Waals surface area contributed by atoms with Gasteiger partial charge in [0.1, 0.15) is 29.6 Å². The molecule has 6 aliphatic rings. The summed E-state index contributed by atoms with van der Waals surface area (Å²) in [6, 6.07) is 2.72. The van der Waals surface area contributed by atoms with Gasteiger partial charge in [-0.1, -0.05) is 0 Å². The van der Waals surface area contributed by atoms with Gasteiger partial charge in [-0.25, -0.2) is 4.39 Å². The number of rotatable bonds is 5. The number of halogens is 1. The van der Waals surface area contributed by atoms with Crippen LogP contribution in [0.5, 0.6) is 6.01 Å². The van der Waals surface area contributed by atoms with E-state index in [0.717, 1.165) is 30.7 Å². The van der Waals surface area contributed by atoms with Crippen LogP contribution in [0.1, 0.15) is 48.1 Å². The zero-order valence-electron chi connectivity index (χ0n) is 22.6. The molecule has 8 rings (SSSR count). The molecule has 5 saturated heterocycles. The molecule has 4 atom stereocenters. The van der Waals surface area contributed by atoms with Crippen molar-refractivity contribution in [1.82, 2.24) is 25.2 Å². The molecule has 1 spiro atoms. The summed E-state index contributed by atoms with van der Waals surface area (Å²) in [6.45, 7) is 4.31. The molecule has 2 unspecified atom stereocenters. The third kappa shape index (κ3) is 4.18. The number of piperazine rings is 1. The van der Waals surface area contributed by atoms with Gasteiger partial charge in [-0.3, -0.25) is 9.69 Å². The number of nitrogens with one attached hydrogen (secondary N) is 1. The highest BCUT2D eigenvalue weighted by molar-refractivity contribution is 8.00. The van der Waals surface area contributed by atoms with E-state index in [9.17, 15) is 14.4 Å². The average Bonchev–Trinajstić information content (AvgIpc) is 3.63. The Morgan fingerprint density at radius 3 is 2.66 bits per heavy atom.